The van der Waals surface area contributed by atoms with Crippen molar-refractivity contribution in [1.82, 2.24) is 51.9 Å². The van der Waals surface area contributed by atoms with Crippen molar-refractivity contribution in [2.24, 2.45) is 0 Å². The molecule has 4 rings (SSSR count). The van der Waals surface area contributed by atoms with Gasteiger partial charge in [0.15, 0.2) is 5.82 Å². The molecule has 4 N–H and O–H groups in total. The molecule has 2 aliphatic heterocycles. The van der Waals surface area contributed by atoms with Crippen molar-refractivity contribution in [3.05, 3.63) is 11.6 Å². The number of tetrazole rings is 2. The van der Waals surface area contributed by atoms with Crippen LogP contribution in [0.25, 0.3) is 0 Å². The smallest absolute Gasteiger partial charge is 0.857 e. The molecule has 0 amide bonds. The van der Waals surface area contributed by atoms with E-state index in [4.69, 9.17) is 10.2 Å². The summed E-state index contributed by atoms with van der Waals surface area (Å²) < 4.78 is 0. The molecule has 2 saturated heterocycles. The number of hydrogen-bond acceptors (Lipinski definition) is 10. The van der Waals surface area contributed by atoms with Crippen LogP contribution < -0.4 is 80.1 Å². The van der Waals surface area contributed by atoms with E-state index < -0.39 is 0 Å². The van der Waals surface area contributed by atoms with Gasteiger partial charge in [-0.3, -0.25) is 10.4 Å². The van der Waals surface area contributed by atoms with Crippen LogP contribution in [0.15, 0.2) is 0 Å². The molecular weight excluding hydrogens is 362 g/mol. The van der Waals surface area contributed by atoms with E-state index in [0.717, 1.165) is 51.8 Å². The molecule has 0 aliphatic carbocycles. The fourth-order valence-electron chi connectivity index (χ4n) is 2.42. The summed E-state index contributed by atoms with van der Waals surface area (Å²) in [6.07, 6.45) is 4.63. The maximum absolute atomic E-state index is 8.25. The van der Waals surface area contributed by atoms with Crippen LogP contribution >= 0.6 is 0 Å². The van der Waals surface area contributed by atoms with Crippen molar-refractivity contribution in [1.29, 1.82) is 0 Å². The summed E-state index contributed by atoms with van der Waals surface area (Å²) in [5.41, 5.74) is 0. The van der Waals surface area contributed by atoms with Gasteiger partial charge in [0, 0.05) is 13.2 Å². The maximum atomic E-state index is 8.25. The van der Waals surface area contributed by atoms with E-state index in [0.29, 0.717) is 12.1 Å². The molecule has 0 unspecified atom stereocenters. The van der Waals surface area contributed by atoms with Gasteiger partial charge in [0.05, 0.1) is 11.9 Å². The molecule has 136 valence electrons. The summed E-state index contributed by atoms with van der Waals surface area (Å²) in [7, 11) is 1.75. The van der Waals surface area contributed by atoms with E-state index >= 15 is 0 Å². The Hall–Kier alpha value is -0.0200. The molecule has 2 aromatic heterocycles. The summed E-state index contributed by atoms with van der Waals surface area (Å²) in [6, 6.07) is 0.633. The van der Waals surface area contributed by atoms with Gasteiger partial charge >= 0.3 is 59.1 Å². The Kier molecular flexibility index (Phi) is 19.9. The second kappa shape index (κ2) is 18.3. The van der Waals surface area contributed by atoms with E-state index in [-0.39, 0.29) is 59.1 Å². The van der Waals surface area contributed by atoms with Crippen LogP contribution in [-0.4, -0.2) is 68.5 Å². The van der Waals surface area contributed by atoms with E-state index in [1.807, 2.05) is 0 Å². The molecule has 4 heterocycles. The second-order valence-corrected chi connectivity index (χ2v) is 4.80. The molecule has 12 nitrogen and oxygen atoms in total. The minimum absolute atomic E-state index is 0. The summed E-state index contributed by atoms with van der Waals surface area (Å²) in [5, 5.41) is 49.8. The van der Waals surface area contributed by atoms with Crippen LogP contribution in [0.4, 0.5) is 0 Å². The van der Waals surface area contributed by atoms with Gasteiger partial charge in [-0.05, 0) is 38.8 Å². The molecule has 0 spiro atoms. The van der Waals surface area contributed by atoms with Gasteiger partial charge in [-0.1, -0.05) is 5.21 Å². The Morgan fingerprint density at radius 3 is 1.92 bits per heavy atom. The third-order valence-corrected chi connectivity index (χ3v) is 3.44. The average Bonchev–Trinajstić information content (AvgIpc) is 3.48. The van der Waals surface area contributed by atoms with E-state index in [9.17, 15) is 0 Å². The topological polar surface area (TPSA) is 175 Å². The number of aliphatic hydroxyl groups excluding tert-OH is 1. The fraction of sp³-hybridized carbons (Fsp3) is 0.833. The predicted octanol–water partition coefficient (Wildman–Crippen LogP) is -8.53. The fourth-order valence-corrected chi connectivity index (χ4v) is 2.42. The van der Waals surface area contributed by atoms with Crippen LogP contribution in [0.3, 0.4) is 0 Å². The molecule has 0 saturated carbocycles. The Bertz CT molecular complexity index is 444. The third-order valence-electron chi connectivity index (χ3n) is 3.44. The van der Waals surface area contributed by atoms with Crippen LogP contribution in [0, 0.1) is 0 Å². The number of nitrogens with one attached hydrogen (secondary N) is 3. The number of aromatic nitrogens is 8. The zero-order valence-corrected chi connectivity index (χ0v) is 19.9. The molecule has 2 fully saturated rings. The number of rotatable bonds is 2. The van der Waals surface area contributed by atoms with E-state index in [1.165, 1.54) is 12.8 Å². The first kappa shape index (κ1) is 28.2. The average molecular weight is 386 g/mol. The van der Waals surface area contributed by atoms with Gasteiger partial charge in [-0.2, -0.15) is 12.3 Å². The van der Waals surface area contributed by atoms with Crippen LogP contribution in [-0.2, 0) is 0 Å². The van der Waals surface area contributed by atoms with Gasteiger partial charge < -0.3 is 25.9 Å². The summed E-state index contributed by atoms with van der Waals surface area (Å²) in [5.74, 6) is 1.52. The van der Waals surface area contributed by atoms with Crippen LogP contribution in [0.2, 0.25) is 0 Å². The molecule has 2 aromatic rings. The van der Waals surface area contributed by atoms with Crippen molar-refractivity contribution in [3.63, 3.8) is 0 Å². The van der Waals surface area contributed by atoms with Crippen molar-refractivity contribution < 1.29 is 69.3 Å². The normalized spacial score (nSPS) is 20.0. The van der Waals surface area contributed by atoms with Gasteiger partial charge in [0.25, 0.3) is 0 Å². The zero-order chi connectivity index (χ0) is 17.6. The third kappa shape index (κ3) is 9.78. The predicted molar refractivity (Wildman–Crippen MR) is 81.3 cm³/mol. The Morgan fingerprint density at radius 2 is 1.54 bits per heavy atom. The quantitative estimate of drug-likeness (QED) is 0.361. The van der Waals surface area contributed by atoms with Crippen molar-refractivity contribution in [2.45, 2.75) is 37.8 Å². The largest absolute Gasteiger partial charge is 1.00 e. The minimum atomic E-state index is 0. The standard InChI is InChI=1S/C5H9N5.C5H8N5.CH4O.CH3O.2Na/c2*1-2-4(6-3-1)5-7-9-10-8-5;2*1-2;;/h4,6H,1-3H2,(H,7,8,9,10);4,6H,1-3H2;2H,1H3;1H3;;/q;-1;;-1;2*+1/t2*4-;;;;/m11..../s1. The van der Waals surface area contributed by atoms with Gasteiger partial charge in [-0.15, -0.1) is 10.2 Å². The van der Waals surface area contributed by atoms with Crippen LogP contribution in [0.5, 0.6) is 0 Å². The number of aliphatic hydroxyl groups is 1. The molecule has 0 radical (unpaired) electrons. The molecule has 2 atom stereocenters. The molecule has 26 heavy (non-hydrogen) atoms. The Morgan fingerprint density at radius 1 is 0.962 bits per heavy atom. The van der Waals surface area contributed by atoms with Crippen molar-refractivity contribution in [3.8, 4) is 0 Å². The Balaban J connectivity index is 0. The molecule has 0 bridgehead atoms. The van der Waals surface area contributed by atoms with Crippen LogP contribution in [0.1, 0.15) is 49.4 Å². The second-order valence-electron chi connectivity index (χ2n) is 4.80. The number of nitrogens with zero attached hydrogens (tertiary/aromatic N) is 7. The van der Waals surface area contributed by atoms with E-state index in [2.05, 4.69) is 51.9 Å². The monoisotopic (exact) mass is 386 g/mol. The first-order valence-electron chi connectivity index (χ1n) is 7.68. The van der Waals surface area contributed by atoms with E-state index in [1.54, 1.807) is 0 Å². The van der Waals surface area contributed by atoms with Gasteiger partial charge in [0.2, 0.25) is 0 Å². The molecule has 0 aromatic carbocycles. The van der Waals surface area contributed by atoms with Gasteiger partial charge in [-0.25, -0.2) is 5.10 Å². The van der Waals surface area contributed by atoms with Crippen molar-refractivity contribution >= 4 is 0 Å². The number of H-pyrrole nitrogens is 1. The first-order chi connectivity index (χ1) is 11.9. The maximum Gasteiger partial charge on any atom is 1.00 e. The van der Waals surface area contributed by atoms with Gasteiger partial charge in [0.1, 0.15) is 0 Å². The summed E-state index contributed by atoms with van der Waals surface area (Å²) >= 11 is 0. The minimum Gasteiger partial charge on any atom is -0.857 e. The van der Waals surface area contributed by atoms with Crippen molar-refractivity contribution in [2.75, 3.05) is 27.3 Å². The first-order valence-corrected chi connectivity index (χ1v) is 7.68. The summed E-state index contributed by atoms with van der Waals surface area (Å²) in [4.78, 5) is 0. The number of hydrogen-bond donors (Lipinski definition) is 4. The zero-order valence-electron chi connectivity index (χ0n) is 15.9. The Labute approximate surface area is 196 Å². The molecule has 14 heteroatoms. The summed E-state index contributed by atoms with van der Waals surface area (Å²) in [6.45, 7) is 2.12. The molecule has 2 aliphatic rings. The SMILES string of the molecule is C1CN[C@@H](c2nn[n-]n2)C1.C1CN[C@@H](c2nn[nH]n2)C1.CO.C[O-].[Na+].[Na+]. The molecular formula is C12H24N10Na2O2. The number of aromatic amines is 1.